The Balaban J connectivity index is 2.35. The van der Waals surface area contributed by atoms with Crippen LogP contribution in [0.5, 0.6) is 0 Å². The number of para-hydroxylation sites is 1. The van der Waals surface area contributed by atoms with Crippen LogP contribution in [0.1, 0.15) is 6.42 Å². The van der Waals surface area contributed by atoms with Gasteiger partial charge in [-0.15, -0.1) is 0 Å². The van der Waals surface area contributed by atoms with E-state index in [9.17, 15) is 9.18 Å². The predicted octanol–water partition coefficient (Wildman–Crippen LogP) is 1.95. The smallest absolute Gasteiger partial charge is 0.243 e. The molecule has 0 aliphatic heterocycles. The first-order valence-corrected chi connectivity index (χ1v) is 5.51. The molecule has 0 aliphatic rings. The third-order valence-corrected chi connectivity index (χ3v) is 2.42. The first-order valence-electron chi connectivity index (χ1n) is 5.51. The molecule has 0 spiro atoms. The number of hydrogen-bond donors (Lipinski definition) is 1. The van der Waals surface area contributed by atoms with Gasteiger partial charge in [0.2, 0.25) is 5.91 Å². The van der Waals surface area contributed by atoms with E-state index in [0.717, 1.165) is 6.42 Å². The second kappa shape index (κ2) is 6.68. The average molecular weight is 236 g/mol. The normalized spacial score (nSPS) is 9.76. The summed E-state index contributed by atoms with van der Waals surface area (Å²) in [4.78, 5) is 12.7. The summed E-state index contributed by atoms with van der Waals surface area (Å²) in [6.07, 6.45) is 1.99. The fourth-order valence-electron chi connectivity index (χ4n) is 1.48. The lowest BCUT2D eigenvalue weighted by Crippen LogP contribution is -2.27. The fourth-order valence-corrected chi connectivity index (χ4v) is 1.48. The monoisotopic (exact) mass is 236 g/mol. The highest BCUT2D eigenvalue weighted by atomic mass is 19.1. The van der Waals surface area contributed by atoms with Crippen LogP contribution >= 0.6 is 0 Å². The number of nitrogens with zero attached hydrogens (tertiary/aromatic N) is 1. The highest BCUT2D eigenvalue weighted by molar-refractivity contribution is 5.86. The molecule has 0 unspecified atom stereocenters. The van der Waals surface area contributed by atoms with Gasteiger partial charge in [-0.3, -0.25) is 4.79 Å². The molecule has 0 bridgehead atoms. The lowest BCUT2D eigenvalue weighted by molar-refractivity contribution is -0.116. The number of rotatable bonds is 6. The molecule has 0 aromatic heterocycles. The molecule has 3 nitrogen and oxygen atoms in total. The van der Waals surface area contributed by atoms with Gasteiger partial charge in [-0.1, -0.05) is 18.7 Å². The third-order valence-electron chi connectivity index (χ3n) is 2.42. The molecule has 1 N–H and O–H groups in total. The van der Waals surface area contributed by atoms with Crippen LogP contribution in [0.3, 0.4) is 0 Å². The van der Waals surface area contributed by atoms with Crippen molar-refractivity contribution in [1.82, 2.24) is 5.32 Å². The Morgan fingerprint density at radius 2 is 2.24 bits per heavy atom. The van der Waals surface area contributed by atoms with Gasteiger partial charge in [0.1, 0.15) is 5.82 Å². The van der Waals surface area contributed by atoms with Crippen molar-refractivity contribution in [3.05, 3.63) is 42.7 Å². The van der Waals surface area contributed by atoms with Crippen LogP contribution in [0.25, 0.3) is 0 Å². The van der Waals surface area contributed by atoms with E-state index in [1.165, 1.54) is 12.1 Å². The van der Waals surface area contributed by atoms with E-state index >= 15 is 0 Å². The van der Waals surface area contributed by atoms with E-state index in [2.05, 4.69) is 11.9 Å². The molecule has 1 aromatic rings. The van der Waals surface area contributed by atoms with E-state index in [0.29, 0.717) is 18.8 Å². The molecule has 1 rings (SSSR count). The lowest BCUT2D eigenvalue weighted by Gasteiger charge is -2.19. The fraction of sp³-hybridized carbons (Fsp3) is 0.308. The molecule has 92 valence electrons. The summed E-state index contributed by atoms with van der Waals surface area (Å²) in [5, 5.41) is 2.68. The first-order chi connectivity index (χ1) is 8.15. The summed E-state index contributed by atoms with van der Waals surface area (Å²) >= 11 is 0. The van der Waals surface area contributed by atoms with E-state index in [1.807, 2.05) is 11.9 Å². The largest absolute Gasteiger partial charge is 0.372 e. The summed E-state index contributed by atoms with van der Waals surface area (Å²) in [5.74, 6) is -0.413. The van der Waals surface area contributed by atoms with Crippen molar-refractivity contribution in [3.8, 4) is 0 Å². The molecule has 1 amide bonds. The first kappa shape index (κ1) is 13.2. The Hall–Kier alpha value is -1.84. The Kier molecular flexibility index (Phi) is 5.20. The van der Waals surface area contributed by atoms with Crippen LogP contribution in [0.2, 0.25) is 0 Å². The number of halogens is 1. The number of carbonyl (C=O) groups is 1. The number of carbonyl (C=O) groups excluding carboxylic acids is 1. The third kappa shape index (κ3) is 4.26. The molecule has 17 heavy (non-hydrogen) atoms. The summed E-state index contributed by atoms with van der Waals surface area (Å²) in [5.41, 5.74) is 0.572. The molecule has 4 heteroatoms. The van der Waals surface area contributed by atoms with Crippen LogP contribution in [-0.2, 0) is 4.79 Å². The maximum atomic E-state index is 13.4. The van der Waals surface area contributed by atoms with Gasteiger partial charge in [0.15, 0.2) is 0 Å². The van der Waals surface area contributed by atoms with Crippen molar-refractivity contribution in [2.24, 2.45) is 0 Å². The van der Waals surface area contributed by atoms with Gasteiger partial charge < -0.3 is 10.2 Å². The number of benzene rings is 1. The van der Waals surface area contributed by atoms with E-state index in [-0.39, 0.29) is 11.7 Å². The molecule has 1 aromatic carbocycles. The van der Waals surface area contributed by atoms with Crippen LogP contribution in [-0.4, -0.2) is 26.0 Å². The van der Waals surface area contributed by atoms with E-state index in [4.69, 9.17) is 0 Å². The van der Waals surface area contributed by atoms with Crippen molar-refractivity contribution in [1.29, 1.82) is 0 Å². The molecule has 0 radical (unpaired) electrons. The molecule has 0 fully saturated rings. The van der Waals surface area contributed by atoms with Crippen molar-refractivity contribution in [2.45, 2.75) is 6.42 Å². The summed E-state index contributed by atoms with van der Waals surface area (Å²) in [7, 11) is 1.83. The van der Waals surface area contributed by atoms with Crippen molar-refractivity contribution in [2.75, 3.05) is 25.0 Å². The number of hydrogen-bond acceptors (Lipinski definition) is 2. The van der Waals surface area contributed by atoms with Gasteiger partial charge in [-0.2, -0.15) is 0 Å². The van der Waals surface area contributed by atoms with Gasteiger partial charge in [0, 0.05) is 20.1 Å². The van der Waals surface area contributed by atoms with Gasteiger partial charge in [0.25, 0.3) is 0 Å². The highest BCUT2D eigenvalue weighted by Gasteiger charge is 2.05. The SMILES string of the molecule is C=CC(=O)NCCCN(C)c1ccccc1F. The van der Waals surface area contributed by atoms with Crippen molar-refractivity contribution in [3.63, 3.8) is 0 Å². The quantitative estimate of drug-likeness (QED) is 0.605. The number of anilines is 1. The Morgan fingerprint density at radius 1 is 1.53 bits per heavy atom. The van der Waals surface area contributed by atoms with Crippen LogP contribution in [0, 0.1) is 5.82 Å². The van der Waals surface area contributed by atoms with Gasteiger partial charge in [-0.25, -0.2) is 4.39 Å². The highest BCUT2D eigenvalue weighted by Crippen LogP contribution is 2.16. The van der Waals surface area contributed by atoms with Gasteiger partial charge in [-0.05, 0) is 24.6 Å². The molecular formula is C13H17FN2O. The zero-order valence-corrected chi connectivity index (χ0v) is 9.95. The maximum Gasteiger partial charge on any atom is 0.243 e. The van der Waals surface area contributed by atoms with Crippen LogP contribution < -0.4 is 10.2 Å². The zero-order valence-electron chi connectivity index (χ0n) is 9.95. The molecule has 0 atom stereocenters. The number of nitrogens with one attached hydrogen (secondary N) is 1. The van der Waals surface area contributed by atoms with Crippen LogP contribution in [0.15, 0.2) is 36.9 Å². The predicted molar refractivity (Wildman–Crippen MR) is 67.5 cm³/mol. The van der Waals surface area contributed by atoms with Gasteiger partial charge >= 0.3 is 0 Å². The lowest BCUT2D eigenvalue weighted by atomic mass is 10.2. The molecule has 0 heterocycles. The van der Waals surface area contributed by atoms with Crippen molar-refractivity contribution < 1.29 is 9.18 Å². The van der Waals surface area contributed by atoms with Crippen LogP contribution in [0.4, 0.5) is 10.1 Å². The standard InChI is InChI=1S/C13H17FN2O/c1-3-13(17)15-9-6-10-16(2)12-8-5-4-7-11(12)14/h3-5,7-8H,1,6,9-10H2,2H3,(H,15,17). The molecule has 0 saturated heterocycles. The summed E-state index contributed by atoms with van der Waals surface area (Å²) in [6.45, 7) is 4.60. The molecule has 0 saturated carbocycles. The summed E-state index contributed by atoms with van der Waals surface area (Å²) < 4.78 is 13.4. The zero-order chi connectivity index (χ0) is 12.7. The summed E-state index contributed by atoms with van der Waals surface area (Å²) in [6, 6.07) is 6.63. The topological polar surface area (TPSA) is 32.3 Å². The van der Waals surface area contributed by atoms with Gasteiger partial charge in [0.05, 0.1) is 5.69 Å². The molecule has 0 aliphatic carbocycles. The molecular weight excluding hydrogens is 219 g/mol. The minimum atomic E-state index is -0.231. The minimum Gasteiger partial charge on any atom is -0.372 e. The Morgan fingerprint density at radius 3 is 2.88 bits per heavy atom. The van der Waals surface area contributed by atoms with E-state index in [1.54, 1.807) is 18.2 Å². The minimum absolute atomic E-state index is 0.182. The number of amides is 1. The average Bonchev–Trinajstić information content (AvgIpc) is 2.34. The maximum absolute atomic E-state index is 13.4. The second-order valence-electron chi connectivity index (χ2n) is 3.72. The second-order valence-corrected chi connectivity index (χ2v) is 3.72. The Bertz CT molecular complexity index is 393. The Labute approximate surface area is 101 Å². The van der Waals surface area contributed by atoms with Crippen molar-refractivity contribution >= 4 is 11.6 Å². The van der Waals surface area contributed by atoms with E-state index < -0.39 is 0 Å².